The minimum absolute atomic E-state index is 0.0221. The first-order valence-corrected chi connectivity index (χ1v) is 10.3. The third-order valence-electron chi connectivity index (χ3n) is 4.21. The summed E-state index contributed by atoms with van der Waals surface area (Å²) in [5.74, 6) is -0.934. The number of esters is 1. The molecule has 2 aromatic carbocycles. The number of alkyl halides is 3. The van der Waals surface area contributed by atoms with Crippen LogP contribution in [0, 0.1) is 0 Å². The number of carbonyl (C=O) groups excluding carboxylic acids is 2. The number of benzene rings is 2. The van der Waals surface area contributed by atoms with Crippen molar-refractivity contribution in [1.29, 1.82) is 0 Å². The van der Waals surface area contributed by atoms with Gasteiger partial charge in [-0.3, -0.25) is 9.69 Å². The van der Waals surface area contributed by atoms with Crippen molar-refractivity contribution < 1.29 is 32.2 Å². The highest BCUT2D eigenvalue weighted by atomic mass is 35.5. The maximum atomic E-state index is 13.1. The van der Waals surface area contributed by atoms with Crippen LogP contribution in [0.5, 0.6) is 5.75 Å². The van der Waals surface area contributed by atoms with Crippen molar-refractivity contribution in [3.8, 4) is 5.75 Å². The van der Waals surface area contributed by atoms with Crippen LogP contribution in [0.3, 0.4) is 0 Å². The van der Waals surface area contributed by atoms with Gasteiger partial charge in [0.25, 0.3) is 0 Å². The quantitative estimate of drug-likeness (QED) is 0.409. The molecule has 0 saturated carbocycles. The molecule has 0 N–H and O–H groups in total. The van der Waals surface area contributed by atoms with Gasteiger partial charge in [-0.1, -0.05) is 17.7 Å². The second-order valence-corrected chi connectivity index (χ2v) is 7.72. The second-order valence-electron chi connectivity index (χ2n) is 6.44. The molecule has 1 heterocycles. The van der Waals surface area contributed by atoms with Gasteiger partial charge in [0, 0.05) is 17.3 Å². The Balaban J connectivity index is 1.79. The Morgan fingerprint density at radius 2 is 1.94 bits per heavy atom. The molecular formula is C21H16ClF3N2O4S. The second kappa shape index (κ2) is 9.58. The van der Waals surface area contributed by atoms with Crippen LogP contribution in [0.4, 0.5) is 24.0 Å². The van der Waals surface area contributed by atoms with Gasteiger partial charge in [-0.2, -0.15) is 13.2 Å². The van der Waals surface area contributed by atoms with Crippen molar-refractivity contribution in [3.05, 3.63) is 69.7 Å². The number of nitrogens with zero attached hydrogens (tertiary/aromatic N) is 2. The molecule has 1 aromatic heterocycles. The lowest BCUT2D eigenvalue weighted by Gasteiger charge is -2.19. The molecule has 0 spiro atoms. The standard InChI is InChI=1S/C21H16ClF3N2O4S/c1-12(28)27(16-5-3-4-13(8-16)21(23,24)25)20-26-15(11-32-20)10-31-19(29)17-9-14(22)6-7-18(17)30-2/h3-9,11H,10H2,1-2H3. The highest BCUT2D eigenvalue weighted by Gasteiger charge is 2.31. The van der Waals surface area contributed by atoms with E-state index in [1.54, 1.807) is 11.4 Å². The number of aromatic nitrogens is 1. The Kier molecular flexibility index (Phi) is 7.05. The van der Waals surface area contributed by atoms with Gasteiger partial charge in [0.15, 0.2) is 5.13 Å². The monoisotopic (exact) mass is 484 g/mol. The van der Waals surface area contributed by atoms with E-state index in [0.29, 0.717) is 10.7 Å². The van der Waals surface area contributed by atoms with Gasteiger partial charge in [-0.25, -0.2) is 9.78 Å². The predicted octanol–water partition coefficient (Wildman–Crippen LogP) is 5.87. The Morgan fingerprint density at radius 1 is 1.19 bits per heavy atom. The Morgan fingerprint density at radius 3 is 2.59 bits per heavy atom. The summed E-state index contributed by atoms with van der Waals surface area (Å²) in [6.07, 6.45) is -4.55. The summed E-state index contributed by atoms with van der Waals surface area (Å²) in [6.45, 7) is 0.992. The van der Waals surface area contributed by atoms with E-state index in [9.17, 15) is 22.8 Å². The lowest BCUT2D eigenvalue weighted by molar-refractivity contribution is -0.137. The van der Waals surface area contributed by atoms with Crippen LogP contribution in [-0.4, -0.2) is 24.0 Å². The number of methoxy groups -OCH3 is 1. The molecule has 1 amide bonds. The SMILES string of the molecule is COc1ccc(Cl)cc1C(=O)OCc1csc(N(C(C)=O)c2cccc(C(F)(F)F)c2)n1. The molecule has 0 fully saturated rings. The summed E-state index contributed by atoms with van der Waals surface area (Å²) in [5, 5.41) is 2.01. The summed E-state index contributed by atoms with van der Waals surface area (Å²) in [5.41, 5.74) is -0.418. The van der Waals surface area contributed by atoms with E-state index in [1.807, 2.05) is 0 Å². The number of anilines is 2. The van der Waals surface area contributed by atoms with Crippen molar-refractivity contribution in [2.24, 2.45) is 0 Å². The van der Waals surface area contributed by atoms with Gasteiger partial charge in [0.05, 0.1) is 24.1 Å². The normalized spacial score (nSPS) is 11.2. The van der Waals surface area contributed by atoms with E-state index in [1.165, 1.54) is 38.3 Å². The van der Waals surface area contributed by atoms with E-state index >= 15 is 0 Å². The molecule has 0 unspecified atom stereocenters. The fourth-order valence-corrected chi connectivity index (χ4v) is 3.81. The summed E-state index contributed by atoms with van der Waals surface area (Å²) >= 11 is 6.95. The molecule has 32 heavy (non-hydrogen) atoms. The lowest BCUT2D eigenvalue weighted by Crippen LogP contribution is -2.23. The topological polar surface area (TPSA) is 68.7 Å². The first-order valence-electron chi connectivity index (χ1n) is 9.03. The van der Waals surface area contributed by atoms with E-state index < -0.39 is 23.6 Å². The zero-order valence-electron chi connectivity index (χ0n) is 16.8. The molecular weight excluding hydrogens is 469 g/mol. The van der Waals surface area contributed by atoms with Gasteiger partial charge < -0.3 is 9.47 Å². The number of halogens is 4. The number of hydrogen-bond donors (Lipinski definition) is 0. The molecule has 0 atom stereocenters. The maximum absolute atomic E-state index is 13.1. The third kappa shape index (κ3) is 5.38. The number of amides is 1. The predicted molar refractivity (Wildman–Crippen MR) is 114 cm³/mol. The van der Waals surface area contributed by atoms with Crippen LogP contribution in [0.2, 0.25) is 5.02 Å². The number of ether oxygens (including phenoxy) is 2. The summed E-state index contributed by atoms with van der Waals surface area (Å²) in [6, 6.07) is 8.87. The first kappa shape index (κ1) is 23.6. The van der Waals surface area contributed by atoms with Gasteiger partial charge in [0.1, 0.15) is 17.9 Å². The minimum atomic E-state index is -4.55. The van der Waals surface area contributed by atoms with E-state index in [-0.39, 0.29) is 28.7 Å². The third-order valence-corrected chi connectivity index (χ3v) is 5.32. The van der Waals surface area contributed by atoms with E-state index in [4.69, 9.17) is 21.1 Å². The van der Waals surface area contributed by atoms with Gasteiger partial charge >= 0.3 is 12.1 Å². The highest BCUT2D eigenvalue weighted by Crippen LogP contribution is 2.35. The molecule has 0 aliphatic heterocycles. The first-order chi connectivity index (χ1) is 15.1. The summed E-state index contributed by atoms with van der Waals surface area (Å²) < 4.78 is 49.5. The van der Waals surface area contributed by atoms with Crippen LogP contribution in [0.1, 0.15) is 28.5 Å². The average Bonchev–Trinajstić information content (AvgIpc) is 3.19. The zero-order chi connectivity index (χ0) is 23.5. The molecule has 11 heteroatoms. The van der Waals surface area contributed by atoms with Crippen LogP contribution >= 0.6 is 22.9 Å². The minimum Gasteiger partial charge on any atom is -0.496 e. The Labute approximate surface area is 190 Å². The molecule has 168 valence electrons. The van der Waals surface area contributed by atoms with Crippen molar-refractivity contribution in [2.75, 3.05) is 12.0 Å². The van der Waals surface area contributed by atoms with Crippen molar-refractivity contribution in [2.45, 2.75) is 19.7 Å². The molecule has 0 radical (unpaired) electrons. The zero-order valence-corrected chi connectivity index (χ0v) is 18.3. The molecule has 0 bridgehead atoms. The number of thiazole rings is 1. The number of rotatable bonds is 6. The Bertz CT molecular complexity index is 1150. The summed E-state index contributed by atoms with van der Waals surface area (Å²) in [7, 11) is 1.40. The average molecular weight is 485 g/mol. The fraction of sp³-hybridized carbons (Fsp3) is 0.190. The summed E-state index contributed by atoms with van der Waals surface area (Å²) in [4.78, 5) is 29.9. The van der Waals surface area contributed by atoms with Crippen LogP contribution in [0.25, 0.3) is 0 Å². The fourth-order valence-electron chi connectivity index (χ4n) is 2.77. The van der Waals surface area contributed by atoms with E-state index in [2.05, 4.69) is 4.98 Å². The highest BCUT2D eigenvalue weighted by molar-refractivity contribution is 7.14. The van der Waals surface area contributed by atoms with Gasteiger partial charge in [0.2, 0.25) is 5.91 Å². The number of carbonyl (C=O) groups is 2. The van der Waals surface area contributed by atoms with Crippen LogP contribution in [-0.2, 0) is 22.3 Å². The molecule has 0 aliphatic carbocycles. The number of hydrogen-bond acceptors (Lipinski definition) is 6. The molecule has 3 rings (SSSR count). The molecule has 6 nitrogen and oxygen atoms in total. The maximum Gasteiger partial charge on any atom is 0.416 e. The van der Waals surface area contributed by atoms with Gasteiger partial charge in [-0.05, 0) is 36.4 Å². The molecule has 3 aromatic rings. The molecule has 0 aliphatic rings. The Hall–Kier alpha value is -3.11. The lowest BCUT2D eigenvalue weighted by atomic mass is 10.2. The van der Waals surface area contributed by atoms with E-state index in [0.717, 1.165) is 28.4 Å². The van der Waals surface area contributed by atoms with Crippen molar-refractivity contribution in [3.63, 3.8) is 0 Å². The van der Waals surface area contributed by atoms with Gasteiger partial charge in [-0.15, -0.1) is 11.3 Å². The molecule has 0 saturated heterocycles. The van der Waals surface area contributed by atoms with Crippen molar-refractivity contribution in [1.82, 2.24) is 4.98 Å². The smallest absolute Gasteiger partial charge is 0.416 e. The largest absolute Gasteiger partial charge is 0.496 e. The van der Waals surface area contributed by atoms with Crippen molar-refractivity contribution >= 4 is 45.6 Å². The van der Waals surface area contributed by atoms with Crippen LogP contribution in [0.15, 0.2) is 47.8 Å². The van der Waals surface area contributed by atoms with Crippen LogP contribution < -0.4 is 9.64 Å².